The summed E-state index contributed by atoms with van der Waals surface area (Å²) in [5.74, 6) is 0.761. The van der Waals surface area contributed by atoms with E-state index in [-0.39, 0.29) is 18.2 Å². The minimum absolute atomic E-state index is 0.0803. The van der Waals surface area contributed by atoms with E-state index < -0.39 is 5.54 Å². The summed E-state index contributed by atoms with van der Waals surface area (Å²) in [6.45, 7) is 2.67. The molecule has 180 valence electrons. The van der Waals surface area contributed by atoms with Gasteiger partial charge in [-0.1, -0.05) is 55.1 Å². The van der Waals surface area contributed by atoms with Gasteiger partial charge in [-0.25, -0.2) is 4.98 Å². The molecule has 3 aromatic rings. The first-order valence-electron chi connectivity index (χ1n) is 12.0. The summed E-state index contributed by atoms with van der Waals surface area (Å²) >= 11 is 0. The van der Waals surface area contributed by atoms with Crippen LogP contribution in [0.1, 0.15) is 74.7 Å². The highest BCUT2D eigenvalue weighted by Gasteiger charge is 2.38. The van der Waals surface area contributed by atoms with Gasteiger partial charge < -0.3 is 19.7 Å². The Morgan fingerprint density at radius 2 is 1.88 bits per heavy atom. The number of hydrogen-bond acceptors (Lipinski definition) is 6. The third-order valence-electron chi connectivity index (χ3n) is 6.34. The standard InChI is InChI=1S/C25H32N6O3/c1-19(32)29-25(12-6-2-3-7-13-25)24-28-23(34-30-24)11-10-22(33)27-16-20-8-4-5-9-21(20)17-31-15-14-26-18-31/h4-5,8-9,14-15,18H,2-3,6-7,10-13,16-17H2,1H3,(H,27,33)(H,29,32). The van der Waals surface area contributed by atoms with Crippen molar-refractivity contribution in [2.24, 2.45) is 0 Å². The molecule has 0 saturated heterocycles. The molecular formula is C25H32N6O3. The molecule has 0 unspecified atom stereocenters. The Labute approximate surface area is 199 Å². The van der Waals surface area contributed by atoms with E-state index in [9.17, 15) is 9.59 Å². The molecule has 2 heterocycles. The number of rotatable bonds is 9. The van der Waals surface area contributed by atoms with E-state index in [0.29, 0.717) is 31.2 Å². The van der Waals surface area contributed by atoms with Crippen LogP contribution in [-0.2, 0) is 34.6 Å². The van der Waals surface area contributed by atoms with Crippen molar-refractivity contribution in [2.45, 2.75) is 76.9 Å². The fourth-order valence-electron chi connectivity index (χ4n) is 4.59. The smallest absolute Gasteiger partial charge is 0.227 e. The monoisotopic (exact) mass is 464 g/mol. The predicted octanol–water partition coefficient (Wildman–Crippen LogP) is 3.25. The molecule has 1 aromatic carbocycles. The van der Waals surface area contributed by atoms with Crippen molar-refractivity contribution in [3.63, 3.8) is 0 Å². The van der Waals surface area contributed by atoms with Crippen LogP contribution in [0.25, 0.3) is 0 Å². The third kappa shape index (κ3) is 6.09. The molecule has 0 aliphatic heterocycles. The first-order chi connectivity index (χ1) is 16.5. The minimum atomic E-state index is -0.578. The zero-order valence-electron chi connectivity index (χ0n) is 19.6. The quantitative estimate of drug-likeness (QED) is 0.470. The molecule has 9 heteroatoms. The maximum absolute atomic E-state index is 12.5. The second-order valence-corrected chi connectivity index (χ2v) is 8.97. The lowest BCUT2D eigenvalue weighted by Gasteiger charge is -2.30. The van der Waals surface area contributed by atoms with Crippen LogP contribution in [0.2, 0.25) is 0 Å². The Morgan fingerprint density at radius 1 is 1.12 bits per heavy atom. The second kappa shape index (κ2) is 11.1. The Hall–Kier alpha value is -3.49. The van der Waals surface area contributed by atoms with Crippen molar-refractivity contribution >= 4 is 11.8 Å². The highest BCUT2D eigenvalue weighted by atomic mass is 16.5. The summed E-state index contributed by atoms with van der Waals surface area (Å²) < 4.78 is 7.45. The van der Waals surface area contributed by atoms with Crippen LogP contribution >= 0.6 is 0 Å². The number of amides is 2. The number of imidazole rings is 1. The average Bonchev–Trinajstić information content (AvgIpc) is 3.46. The summed E-state index contributed by atoms with van der Waals surface area (Å²) in [6.07, 6.45) is 11.9. The summed E-state index contributed by atoms with van der Waals surface area (Å²) in [7, 11) is 0. The molecule has 1 aliphatic carbocycles. The summed E-state index contributed by atoms with van der Waals surface area (Å²) in [5, 5.41) is 10.3. The zero-order chi connectivity index (χ0) is 23.8. The van der Waals surface area contributed by atoms with Gasteiger partial charge in [-0.15, -0.1) is 0 Å². The number of hydrogen-bond donors (Lipinski definition) is 2. The van der Waals surface area contributed by atoms with Crippen molar-refractivity contribution < 1.29 is 14.1 Å². The number of carbonyl (C=O) groups excluding carboxylic acids is 2. The Kier molecular flexibility index (Phi) is 7.72. The van der Waals surface area contributed by atoms with E-state index in [1.165, 1.54) is 6.92 Å². The molecule has 0 atom stereocenters. The normalized spacial score (nSPS) is 15.4. The van der Waals surface area contributed by atoms with Gasteiger partial charge >= 0.3 is 0 Å². The van der Waals surface area contributed by atoms with E-state index in [1.54, 1.807) is 12.5 Å². The van der Waals surface area contributed by atoms with E-state index in [1.807, 2.05) is 29.0 Å². The first-order valence-corrected chi connectivity index (χ1v) is 12.0. The molecule has 0 radical (unpaired) electrons. The van der Waals surface area contributed by atoms with Crippen molar-refractivity contribution in [2.75, 3.05) is 0 Å². The first kappa shape index (κ1) is 23.7. The van der Waals surface area contributed by atoms with Crippen molar-refractivity contribution in [1.82, 2.24) is 30.3 Å². The van der Waals surface area contributed by atoms with E-state index in [2.05, 4.69) is 31.8 Å². The van der Waals surface area contributed by atoms with Gasteiger partial charge in [0, 0.05) is 45.2 Å². The molecule has 2 aromatic heterocycles. The fraction of sp³-hybridized carbons (Fsp3) is 0.480. The highest BCUT2D eigenvalue weighted by molar-refractivity contribution is 5.76. The molecule has 0 spiro atoms. The lowest BCUT2D eigenvalue weighted by molar-refractivity contribution is -0.122. The minimum Gasteiger partial charge on any atom is -0.352 e. The molecule has 2 N–H and O–H groups in total. The fourth-order valence-corrected chi connectivity index (χ4v) is 4.59. The van der Waals surface area contributed by atoms with E-state index in [4.69, 9.17) is 4.52 Å². The lowest BCUT2D eigenvalue weighted by atomic mass is 9.89. The molecule has 2 amide bonds. The third-order valence-corrected chi connectivity index (χ3v) is 6.34. The zero-order valence-corrected chi connectivity index (χ0v) is 19.6. The molecule has 9 nitrogen and oxygen atoms in total. The second-order valence-electron chi connectivity index (χ2n) is 8.97. The summed E-state index contributed by atoms with van der Waals surface area (Å²) in [5.41, 5.74) is 1.62. The number of nitrogens with one attached hydrogen (secondary N) is 2. The van der Waals surface area contributed by atoms with Gasteiger partial charge in [0.15, 0.2) is 5.82 Å². The van der Waals surface area contributed by atoms with Crippen LogP contribution in [0, 0.1) is 0 Å². The van der Waals surface area contributed by atoms with Crippen LogP contribution in [0.3, 0.4) is 0 Å². The summed E-state index contributed by atoms with van der Waals surface area (Å²) in [4.78, 5) is 33.0. The molecule has 0 bridgehead atoms. The number of nitrogens with zero attached hydrogens (tertiary/aromatic N) is 4. The largest absolute Gasteiger partial charge is 0.352 e. The van der Waals surface area contributed by atoms with Gasteiger partial charge in [-0.05, 0) is 24.0 Å². The van der Waals surface area contributed by atoms with Crippen LogP contribution in [-0.4, -0.2) is 31.5 Å². The molecular weight excluding hydrogens is 432 g/mol. The van der Waals surface area contributed by atoms with E-state index in [0.717, 1.165) is 49.7 Å². The van der Waals surface area contributed by atoms with Crippen LogP contribution < -0.4 is 10.6 Å². The lowest BCUT2D eigenvalue weighted by Crippen LogP contribution is -2.45. The maximum Gasteiger partial charge on any atom is 0.227 e. The number of carbonyl (C=O) groups is 2. The van der Waals surface area contributed by atoms with Crippen LogP contribution in [0.15, 0.2) is 47.5 Å². The van der Waals surface area contributed by atoms with Gasteiger partial charge in [0.2, 0.25) is 17.7 Å². The Morgan fingerprint density at radius 3 is 2.59 bits per heavy atom. The van der Waals surface area contributed by atoms with E-state index >= 15 is 0 Å². The maximum atomic E-state index is 12.5. The van der Waals surface area contributed by atoms with Gasteiger partial charge in [-0.3, -0.25) is 9.59 Å². The SMILES string of the molecule is CC(=O)NC1(c2noc(CCC(=O)NCc3ccccc3Cn3ccnc3)n2)CCCCCC1. The van der Waals surface area contributed by atoms with Crippen LogP contribution in [0.4, 0.5) is 0 Å². The average molecular weight is 465 g/mol. The van der Waals surface area contributed by atoms with Gasteiger partial charge in [-0.2, -0.15) is 4.98 Å². The number of benzene rings is 1. The predicted molar refractivity (Wildman–Crippen MR) is 125 cm³/mol. The number of aromatic nitrogens is 4. The van der Waals surface area contributed by atoms with Gasteiger partial charge in [0.05, 0.1) is 6.33 Å². The number of aryl methyl sites for hydroxylation is 1. The van der Waals surface area contributed by atoms with Gasteiger partial charge in [0.1, 0.15) is 5.54 Å². The molecule has 1 saturated carbocycles. The van der Waals surface area contributed by atoms with Crippen molar-refractivity contribution in [3.8, 4) is 0 Å². The van der Waals surface area contributed by atoms with Crippen molar-refractivity contribution in [3.05, 3.63) is 65.8 Å². The Balaban J connectivity index is 1.32. The molecule has 1 aliphatic rings. The summed E-state index contributed by atoms with van der Waals surface area (Å²) in [6, 6.07) is 8.04. The topological polar surface area (TPSA) is 115 Å². The van der Waals surface area contributed by atoms with Crippen molar-refractivity contribution in [1.29, 1.82) is 0 Å². The van der Waals surface area contributed by atoms with Gasteiger partial charge in [0.25, 0.3) is 0 Å². The highest BCUT2D eigenvalue weighted by Crippen LogP contribution is 2.34. The Bertz CT molecular complexity index is 1080. The molecule has 1 fully saturated rings. The van der Waals surface area contributed by atoms with Crippen LogP contribution in [0.5, 0.6) is 0 Å². The molecule has 34 heavy (non-hydrogen) atoms. The molecule has 4 rings (SSSR count).